The van der Waals surface area contributed by atoms with Crippen LogP contribution in [0.3, 0.4) is 0 Å². The summed E-state index contributed by atoms with van der Waals surface area (Å²) in [7, 11) is 0. The van der Waals surface area contributed by atoms with E-state index in [0.29, 0.717) is 17.5 Å². The van der Waals surface area contributed by atoms with Gasteiger partial charge in [-0.2, -0.15) is 0 Å². The maximum atomic E-state index is 6.55. The quantitative estimate of drug-likeness (QED) is 0.124. The second-order valence-corrected chi connectivity index (χ2v) is 16.6. The molecule has 0 aliphatic rings. The lowest BCUT2D eigenvalue weighted by Crippen LogP contribution is -2.00. The molecule has 0 amide bonds. The molecule has 0 N–H and O–H groups in total. The van der Waals surface area contributed by atoms with Crippen LogP contribution in [0.15, 0.2) is 229 Å². The van der Waals surface area contributed by atoms with Gasteiger partial charge in [-0.1, -0.05) is 206 Å². The summed E-state index contributed by atoms with van der Waals surface area (Å²) in [6, 6.07) is 79.4. The summed E-state index contributed by atoms with van der Waals surface area (Å²) in [4.78, 5) is 15.8. The van der Waals surface area contributed by atoms with Crippen LogP contribution in [0.2, 0.25) is 0 Å². The topological polar surface area (TPSA) is 51.8 Å². The smallest absolute Gasteiger partial charge is 0.167 e. The van der Waals surface area contributed by atoms with Crippen LogP contribution < -0.4 is 0 Å². The van der Waals surface area contributed by atoms with Gasteiger partial charge in [-0.05, 0) is 94.7 Å². The molecule has 0 unspecified atom stereocenters. The van der Waals surface area contributed by atoms with E-state index < -0.39 is 0 Å². The highest BCUT2D eigenvalue weighted by Gasteiger charge is 2.20. The highest BCUT2D eigenvalue weighted by atomic mass is 16.3. The van der Waals surface area contributed by atoms with Crippen molar-refractivity contribution >= 4 is 65.0 Å². The number of para-hydroxylation sites is 2. The van der Waals surface area contributed by atoms with E-state index in [0.717, 1.165) is 55.3 Å². The average molecular weight is 828 g/mol. The van der Waals surface area contributed by atoms with E-state index in [2.05, 4.69) is 200 Å². The molecule has 65 heavy (non-hydrogen) atoms. The first-order valence-corrected chi connectivity index (χ1v) is 22.0. The molecule has 11 aromatic carbocycles. The van der Waals surface area contributed by atoms with Gasteiger partial charge in [-0.25, -0.2) is 15.0 Å². The fourth-order valence-electron chi connectivity index (χ4n) is 9.94. The lowest BCUT2D eigenvalue weighted by molar-refractivity contribution is 0.669. The number of fused-ring (bicyclic) bond motifs is 8. The van der Waals surface area contributed by atoms with Gasteiger partial charge in [0.2, 0.25) is 0 Å². The van der Waals surface area contributed by atoms with Gasteiger partial charge < -0.3 is 4.42 Å². The van der Waals surface area contributed by atoms with Crippen LogP contribution in [0.4, 0.5) is 0 Å². The molecule has 13 rings (SSSR count). The molecule has 0 aliphatic carbocycles. The second-order valence-electron chi connectivity index (χ2n) is 16.6. The number of aromatic nitrogens is 3. The van der Waals surface area contributed by atoms with Gasteiger partial charge in [-0.3, -0.25) is 0 Å². The van der Waals surface area contributed by atoms with Crippen molar-refractivity contribution in [1.29, 1.82) is 0 Å². The van der Waals surface area contributed by atoms with Crippen LogP contribution in [-0.4, -0.2) is 15.0 Å². The van der Waals surface area contributed by atoms with Gasteiger partial charge in [0.25, 0.3) is 0 Å². The number of furan rings is 1. The predicted octanol–water partition coefficient (Wildman–Crippen LogP) is 16.4. The van der Waals surface area contributed by atoms with E-state index in [9.17, 15) is 0 Å². The average Bonchev–Trinajstić information content (AvgIpc) is 3.77. The first-order chi connectivity index (χ1) is 32.2. The molecule has 13 aromatic rings. The predicted molar refractivity (Wildman–Crippen MR) is 270 cm³/mol. The van der Waals surface area contributed by atoms with Gasteiger partial charge in [0, 0.05) is 21.9 Å². The summed E-state index contributed by atoms with van der Waals surface area (Å²) in [6.07, 6.45) is 0. The summed E-state index contributed by atoms with van der Waals surface area (Å²) in [5.74, 6) is 1.72. The Balaban J connectivity index is 0.989. The summed E-state index contributed by atoms with van der Waals surface area (Å²) >= 11 is 0. The Morgan fingerprint density at radius 2 is 0.754 bits per heavy atom. The van der Waals surface area contributed by atoms with E-state index in [1.807, 2.05) is 24.3 Å². The fourth-order valence-corrected chi connectivity index (χ4v) is 9.94. The van der Waals surface area contributed by atoms with Crippen LogP contribution >= 0.6 is 0 Å². The van der Waals surface area contributed by atoms with E-state index in [1.165, 1.54) is 59.8 Å². The monoisotopic (exact) mass is 827 g/mol. The Morgan fingerprint density at radius 3 is 1.49 bits per heavy atom. The van der Waals surface area contributed by atoms with Crippen LogP contribution in [-0.2, 0) is 0 Å². The molecule has 0 atom stereocenters. The third-order valence-electron chi connectivity index (χ3n) is 12.9. The number of rotatable bonds is 6. The fraction of sp³-hybridized carbons (Fsp3) is 0. The molecule has 4 heteroatoms. The Kier molecular flexibility index (Phi) is 8.50. The molecular weight excluding hydrogens is 791 g/mol. The van der Waals surface area contributed by atoms with Gasteiger partial charge in [0.05, 0.1) is 5.56 Å². The maximum absolute atomic E-state index is 6.55. The van der Waals surface area contributed by atoms with Gasteiger partial charge >= 0.3 is 0 Å². The molecule has 0 bridgehead atoms. The minimum atomic E-state index is 0.550. The van der Waals surface area contributed by atoms with Crippen LogP contribution in [0.1, 0.15) is 0 Å². The van der Waals surface area contributed by atoms with Crippen molar-refractivity contribution in [2.45, 2.75) is 0 Å². The molecule has 0 saturated heterocycles. The normalized spacial score (nSPS) is 11.7. The van der Waals surface area contributed by atoms with Gasteiger partial charge in [0.15, 0.2) is 17.5 Å². The Bertz CT molecular complexity index is 3940. The van der Waals surface area contributed by atoms with Crippen molar-refractivity contribution in [2.24, 2.45) is 0 Å². The zero-order valence-electron chi connectivity index (χ0n) is 35.1. The van der Waals surface area contributed by atoms with Crippen molar-refractivity contribution in [2.75, 3.05) is 0 Å². The summed E-state index contributed by atoms with van der Waals surface area (Å²) < 4.78 is 6.55. The summed E-state index contributed by atoms with van der Waals surface area (Å²) in [5, 5.41) is 11.8. The van der Waals surface area contributed by atoms with Crippen LogP contribution in [0, 0.1) is 0 Å². The third kappa shape index (κ3) is 6.11. The van der Waals surface area contributed by atoms with Crippen molar-refractivity contribution in [3.8, 4) is 67.5 Å². The molecule has 0 radical (unpaired) electrons. The zero-order valence-corrected chi connectivity index (χ0v) is 35.1. The van der Waals surface area contributed by atoms with E-state index in [1.54, 1.807) is 0 Å². The van der Waals surface area contributed by atoms with Crippen molar-refractivity contribution < 1.29 is 4.42 Å². The maximum Gasteiger partial charge on any atom is 0.167 e. The highest BCUT2D eigenvalue weighted by Crippen LogP contribution is 2.44. The lowest BCUT2D eigenvalue weighted by Gasteiger charge is -2.18. The molecule has 2 heterocycles. The first kappa shape index (κ1) is 36.9. The Morgan fingerprint density at radius 1 is 0.277 bits per heavy atom. The molecule has 2 aromatic heterocycles. The molecule has 4 nitrogen and oxygen atoms in total. The molecule has 0 saturated carbocycles. The molecule has 0 fully saturated rings. The number of hydrogen-bond donors (Lipinski definition) is 0. The Hall–Kier alpha value is -8.73. The zero-order chi connectivity index (χ0) is 42.8. The van der Waals surface area contributed by atoms with E-state index >= 15 is 0 Å². The molecular formula is C61H37N3O. The standard InChI is InChI=1S/C61H37N3O/c1-2-16-39(17-3-1)56-48-23-6-8-25-50(48)57(51-26-9-7-24-49(51)56)41-33-35-42(36-34-41)59-62-60(64-61(63-59)53-29-14-28-52-47-22-10-11-30-54(47)65-58(52)53)44-20-12-19-43(37-44)46-27-13-18-40-32-31-38-15-4-5-21-45(38)55(40)46/h1-37H. The SMILES string of the molecule is c1ccc(-c2c3ccccc3c(-c3ccc(-c4nc(-c5cccc(-c6cccc7ccc8ccccc8c67)c5)nc(-c5cccc6c5oc5ccccc56)n4)cc3)c3ccccc23)cc1. The largest absolute Gasteiger partial charge is 0.455 e. The van der Waals surface area contributed by atoms with Crippen LogP contribution in [0.5, 0.6) is 0 Å². The van der Waals surface area contributed by atoms with Crippen LogP contribution in [0.25, 0.3) is 133 Å². The van der Waals surface area contributed by atoms with Crippen molar-refractivity contribution in [3.63, 3.8) is 0 Å². The van der Waals surface area contributed by atoms with E-state index in [4.69, 9.17) is 19.4 Å². The van der Waals surface area contributed by atoms with E-state index in [-0.39, 0.29) is 0 Å². The lowest BCUT2D eigenvalue weighted by atomic mass is 9.86. The first-order valence-electron chi connectivity index (χ1n) is 22.0. The number of benzene rings is 11. The summed E-state index contributed by atoms with van der Waals surface area (Å²) in [6.45, 7) is 0. The molecule has 0 aliphatic heterocycles. The highest BCUT2D eigenvalue weighted by molar-refractivity contribution is 6.21. The second kappa shape index (κ2) is 15.0. The number of hydrogen-bond acceptors (Lipinski definition) is 4. The van der Waals surface area contributed by atoms with Crippen molar-refractivity contribution in [3.05, 3.63) is 224 Å². The Labute approximate surface area is 374 Å². The van der Waals surface area contributed by atoms with Gasteiger partial charge in [0.1, 0.15) is 11.2 Å². The van der Waals surface area contributed by atoms with Gasteiger partial charge in [-0.15, -0.1) is 0 Å². The molecule has 0 spiro atoms. The third-order valence-corrected chi connectivity index (χ3v) is 12.9. The minimum absolute atomic E-state index is 0.550. The van der Waals surface area contributed by atoms with Crippen molar-refractivity contribution in [1.82, 2.24) is 15.0 Å². The summed E-state index contributed by atoms with van der Waals surface area (Å²) in [5.41, 5.74) is 11.2. The number of nitrogens with zero attached hydrogens (tertiary/aromatic N) is 3. The minimum Gasteiger partial charge on any atom is -0.455 e. The molecule has 302 valence electrons.